The summed E-state index contributed by atoms with van der Waals surface area (Å²) in [5.41, 5.74) is 1.00. The third-order valence-electron chi connectivity index (χ3n) is 5.16. The highest BCUT2D eigenvalue weighted by molar-refractivity contribution is 6.30. The van der Waals surface area contributed by atoms with E-state index in [0.717, 1.165) is 17.7 Å². The van der Waals surface area contributed by atoms with Crippen molar-refractivity contribution in [2.75, 3.05) is 25.0 Å². The van der Waals surface area contributed by atoms with Crippen LogP contribution >= 0.6 is 11.6 Å². The first-order valence-corrected chi connectivity index (χ1v) is 10.8. The molecule has 0 bridgehead atoms. The molecule has 1 aliphatic rings. The molecule has 1 aromatic heterocycles. The van der Waals surface area contributed by atoms with Gasteiger partial charge in [0, 0.05) is 31.2 Å². The second-order valence-electron chi connectivity index (χ2n) is 9.04. The van der Waals surface area contributed by atoms with Crippen LogP contribution in [0.1, 0.15) is 44.6 Å². The molecule has 2 heterocycles. The molecule has 0 aliphatic carbocycles. The monoisotopic (exact) mass is 450 g/mol. The van der Waals surface area contributed by atoms with E-state index in [1.807, 2.05) is 43.9 Å². The minimum absolute atomic E-state index is 0.202. The smallest absolute Gasteiger partial charge is 0.410 e. The molecule has 8 nitrogen and oxygen atoms in total. The van der Waals surface area contributed by atoms with Gasteiger partial charge in [0.05, 0.1) is 11.7 Å². The molecular weight excluding hydrogens is 420 g/mol. The number of oxazole rings is 1. The number of anilines is 1. The van der Waals surface area contributed by atoms with Gasteiger partial charge in [0.2, 0.25) is 0 Å². The van der Waals surface area contributed by atoms with E-state index in [0.29, 0.717) is 42.9 Å². The van der Waals surface area contributed by atoms with Gasteiger partial charge in [0.25, 0.3) is 6.01 Å². The average Bonchev–Trinajstić information content (AvgIpc) is 3.14. The number of aliphatic hydroxyl groups excluding tert-OH is 1. The van der Waals surface area contributed by atoms with Crippen molar-refractivity contribution in [3.8, 4) is 0 Å². The van der Waals surface area contributed by atoms with Gasteiger partial charge in [-0.25, -0.2) is 9.78 Å². The summed E-state index contributed by atoms with van der Waals surface area (Å²) in [6.45, 7) is 9.87. The van der Waals surface area contributed by atoms with Gasteiger partial charge >= 0.3 is 6.09 Å². The summed E-state index contributed by atoms with van der Waals surface area (Å²) >= 11 is 6.31. The van der Waals surface area contributed by atoms with E-state index in [9.17, 15) is 4.79 Å². The Bertz CT molecular complexity index is 911. The third-order valence-corrected chi connectivity index (χ3v) is 5.40. The zero-order chi connectivity index (χ0) is 22.6. The number of hydrogen-bond acceptors (Lipinski definition) is 7. The summed E-state index contributed by atoms with van der Waals surface area (Å²) < 4.78 is 11.1. The first-order chi connectivity index (χ1) is 14.6. The summed E-state index contributed by atoms with van der Waals surface area (Å²) in [7, 11) is 0. The molecule has 0 saturated carbocycles. The highest BCUT2D eigenvalue weighted by Gasteiger charge is 2.40. The van der Waals surface area contributed by atoms with E-state index in [-0.39, 0.29) is 12.7 Å². The molecular formula is C22H31ClN4O4. The average molecular weight is 451 g/mol. The number of nitrogens with zero attached hydrogens (tertiary/aromatic N) is 2. The Morgan fingerprint density at radius 1 is 1.42 bits per heavy atom. The lowest BCUT2D eigenvalue weighted by atomic mass is 9.87. The molecule has 1 fully saturated rings. The van der Waals surface area contributed by atoms with Crippen LogP contribution < -0.4 is 10.6 Å². The maximum atomic E-state index is 12.9. The van der Waals surface area contributed by atoms with Gasteiger partial charge in [-0.2, -0.15) is 0 Å². The van der Waals surface area contributed by atoms with Gasteiger partial charge in [-0.15, -0.1) is 0 Å². The topological polar surface area (TPSA) is 99.9 Å². The molecule has 1 aliphatic heterocycles. The van der Waals surface area contributed by atoms with E-state index < -0.39 is 11.1 Å². The first kappa shape index (κ1) is 23.4. The fraction of sp³-hybridized carbons (Fsp3) is 0.545. The zero-order valence-electron chi connectivity index (χ0n) is 18.5. The molecule has 170 valence electrons. The van der Waals surface area contributed by atoms with E-state index in [4.69, 9.17) is 25.9 Å². The number of amides is 1. The highest BCUT2D eigenvalue weighted by atomic mass is 35.5. The largest absolute Gasteiger partial charge is 0.444 e. The second-order valence-corrected chi connectivity index (χ2v) is 9.48. The van der Waals surface area contributed by atoms with Crippen LogP contribution in [0.3, 0.4) is 0 Å². The van der Waals surface area contributed by atoms with Gasteiger partial charge < -0.3 is 24.9 Å². The van der Waals surface area contributed by atoms with E-state index in [1.165, 1.54) is 6.20 Å². The van der Waals surface area contributed by atoms with Crippen LogP contribution in [0.25, 0.3) is 0 Å². The normalized spacial score (nSPS) is 19.4. The maximum absolute atomic E-state index is 12.9. The van der Waals surface area contributed by atoms with Crippen molar-refractivity contribution < 1.29 is 19.1 Å². The third kappa shape index (κ3) is 6.12. The van der Waals surface area contributed by atoms with Crippen molar-refractivity contribution in [1.29, 1.82) is 0 Å². The van der Waals surface area contributed by atoms with Crippen LogP contribution in [0.5, 0.6) is 0 Å². The summed E-state index contributed by atoms with van der Waals surface area (Å²) in [5.74, 6) is 0.396. The number of aromatic nitrogens is 1. The Morgan fingerprint density at radius 3 is 2.87 bits per heavy atom. The molecule has 0 radical (unpaired) electrons. The van der Waals surface area contributed by atoms with Gasteiger partial charge in [0.1, 0.15) is 12.2 Å². The molecule has 0 spiro atoms. The summed E-state index contributed by atoms with van der Waals surface area (Å²) in [4.78, 5) is 18.8. The number of halogens is 1. The Kier molecular flexibility index (Phi) is 7.13. The van der Waals surface area contributed by atoms with Gasteiger partial charge in [-0.05, 0) is 57.4 Å². The number of ether oxygens (including phenoxy) is 1. The molecule has 3 rings (SSSR count). The quantitative estimate of drug-likeness (QED) is 0.618. The summed E-state index contributed by atoms with van der Waals surface area (Å²) in [6, 6.07) is 6.06. The molecule has 1 atom stereocenters. The molecule has 31 heavy (non-hydrogen) atoms. The SMILES string of the molecule is CC(C)(C)OC(=O)N1CCNC[C@]1(C)Cc1cc(Cl)ccc1CNc1ncc(CO)o1. The predicted octanol–water partition coefficient (Wildman–Crippen LogP) is 3.57. The van der Waals surface area contributed by atoms with Crippen LogP contribution in [0, 0.1) is 0 Å². The van der Waals surface area contributed by atoms with Crippen molar-refractivity contribution in [3.63, 3.8) is 0 Å². The van der Waals surface area contributed by atoms with E-state index >= 15 is 0 Å². The standard InChI is InChI=1S/C22H31ClN4O4/c1-21(2,3)31-20(29)27-8-7-24-14-22(27,4)10-16-9-17(23)6-5-15(16)11-25-19-26-12-18(13-28)30-19/h5-6,9,12,24,28H,7-8,10-11,13-14H2,1-4H3,(H,25,26)/t22-/m0/s1. The molecule has 2 aromatic rings. The fourth-order valence-corrected chi connectivity index (χ4v) is 3.87. The van der Waals surface area contributed by atoms with Gasteiger partial charge in [-0.3, -0.25) is 4.90 Å². The van der Waals surface area contributed by atoms with Crippen molar-refractivity contribution in [2.24, 2.45) is 0 Å². The van der Waals surface area contributed by atoms with Crippen LogP contribution in [-0.2, 0) is 24.3 Å². The zero-order valence-corrected chi connectivity index (χ0v) is 19.3. The molecule has 1 aromatic carbocycles. The minimum Gasteiger partial charge on any atom is -0.444 e. The van der Waals surface area contributed by atoms with E-state index in [2.05, 4.69) is 22.5 Å². The number of benzene rings is 1. The second kappa shape index (κ2) is 9.46. The lowest BCUT2D eigenvalue weighted by molar-refractivity contribution is -0.00682. The number of carbonyl (C=O) groups is 1. The number of piperazine rings is 1. The maximum Gasteiger partial charge on any atom is 0.410 e. The number of nitrogens with one attached hydrogen (secondary N) is 2. The highest BCUT2D eigenvalue weighted by Crippen LogP contribution is 2.28. The molecule has 9 heteroatoms. The predicted molar refractivity (Wildman–Crippen MR) is 119 cm³/mol. The number of hydrogen-bond donors (Lipinski definition) is 3. The van der Waals surface area contributed by atoms with Gasteiger partial charge in [-0.1, -0.05) is 17.7 Å². The Hall–Kier alpha value is -2.29. The van der Waals surface area contributed by atoms with Gasteiger partial charge in [0.15, 0.2) is 5.76 Å². The molecule has 3 N–H and O–H groups in total. The first-order valence-electron chi connectivity index (χ1n) is 10.4. The fourth-order valence-electron chi connectivity index (χ4n) is 3.68. The van der Waals surface area contributed by atoms with E-state index in [1.54, 1.807) is 0 Å². The lowest BCUT2D eigenvalue weighted by Crippen LogP contribution is -2.63. The lowest BCUT2D eigenvalue weighted by Gasteiger charge is -2.45. The van der Waals surface area contributed by atoms with Crippen molar-refractivity contribution >= 4 is 23.7 Å². The number of rotatable bonds is 6. The molecule has 0 unspecified atom stereocenters. The molecule has 1 saturated heterocycles. The Morgan fingerprint density at radius 2 is 2.19 bits per heavy atom. The minimum atomic E-state index is -0.558. The number of carbonyl (C=O) groups excluding carboxylic acids is 1. The molecule has 1 amide bonds. The van der Waals surface area contributed by atoms with Crippen LogP contribution in [0.15, 0.2) is 28.8 Å². The number of aliphatic hydroxyl groups is 1. The van der Waals surface area contributed by atoms with Crippen molar-refractivity contribution in [1.82, 2.24) is 15.2 Å². The van der Waals surface area contributed by atoms with Crippen LogP contribution in [-0.4, -0.2) is 51.9 Å². The summed E-state index contributed by atoms with van der Waals surface area (Å²) in [5, 5.41) is 16.3. The Labute approximate surface area is 187 Å². The summed E-state index contributed by atoms with van der Waals surface area (Å²) in [6.07, 6.45) is 1.78. The Balaban J connectivity index is 1.80. The van der Waals surface area contributed by atoms with Crippen molar-refractivity contribution in [2.45, 2.75) is 58.4 Å². The van der Waals surface area contributed by atoms with Crippen LogP contribution in [0.4, 0.5) is 10.8 Å². The van der Waals surface area contributed by atoms with Crippen molar-refractivity contribution in [3.05, 3.63) is 46.3 Å². The van der Waals surface area contributed by atoms with Crippen LogP contribution in [0.2, 0.25) is 5.02 Å².